The number of nitrogens with one attached hydrogen (secondary N) is 1. The zero-order valence-corrected chi connectivity index (χ0v) is 11.9. The standard InChI is InChI=1S/C11H9BrFN3O2S/c12-8-2-1-5-15-11(8)16-19(17,18)10-6-7(14)3-4-9(10)13/h1-6H,14H2,(H,15,16). The van der Waals surface area contributed by atoms with Crippen LogP contribution in [0.4, 0.5) is 15.9 Å². The number of hydrogen-bond donors (Lipinski definition) is 2. The van der Waals surface area contributed by atoms with Gasteiger partial charge in [0.15, 0.2) is 5.82 Å². The minimum atomic E-state index is -4.09. The first-order chi connectivity index (χ1) is 8.90. The summed E-state index contributed by atoms with van der Waals surface area (Å²) in [7, 11) is -4.09. The molecule has 0 saturated carbocycles. The Balaban J connectivity index is 2.44. The summed E-state index contributed by atoms with van der Waals surface area (Å²) < 4.78 is 40.3. The van der Waals surface area contributed by atoms with E-state index in [1.165, 1.54) is 12.3 Å². The van der Waals surface area contributed by atoms with Gasteiger partial charge in [-0.1, -0.05) is 0 Å². The molecule has 1 heterocycles. The van der Waals surface area contributed by atoms with Gasteiger partial charge in [0.05, 0.1) is 4.47 Å². The molecule has 8 heteroatoms. The molecule has 0 radical (unpaired) electrons. The maximum absolute atomic E-state index is 13.6. The molecule has 0 bridgehead atoms. The van der Waals surface area contributed by atoms with Crippen molar-refractivity contribution < 1.29 is 12.8 Å². The van der Waals surface area contributed by atoms with Crippen molar-refractivity contribution in [2.45, 2.75) is 4.90 Å². The van der Waals surface area contributed by atoms with Crippen molar-refractivity contribution in [3.8, 4) is 0 Å². The highest BCUT2D eigenvalue weighted by atomic mass is 79.9. The SMILES string of the molecule is Nc1ccc(F)c(S(=O)(=O)Nc2ncccc2Br)c1. The van der Waals surface area contributed by atoms with Gasteiger partial charge in [0, 0.05) is 11.9 Å². The number of nitrogen functional groups attached to an aromatic ring is 1. The third-order valence-corrected chi connectivity index (χ3v) is 4.23. The lowest BCUT2D eigenvalue weighted by Crippen LogP contribution is -2.16. The highest BCUT2D eigenvalue weighted by Gasteiger charge is 2.20. The second kappa shape index (κ2) is 5.14. The summed E-state index contributed by atoms with van der Waals surface area (Å²) in [5, 5.41) is 0. The second-order valence-electron chi connectivity index (χ2n) is 3.63. The van der Waals surface area contributed by atoms with Gasteiger partial charge in [-0.3, -0.25) is 4.72 Å². The van der Waals surface area contributed by atoms with Gasteiger partial charge in [-0.2, -0.15) is 0 Å². The highest BCUT2D eigenvalue weighted by molar-refractivity contribution is 9.10. The molecule has 1 aromatic heterocycles. The summed E-state index contributed by atoms with van der Waals surface area (Å²) in [6.45, 7) is 0. The fraction of sp³-hybridized carbons (Fsp3) is 0. The van der Waals surface area contributed by atoms with E-state index in [-0.39, 0.29) is 11.5 Å². The van der Waals surface area contributed by atoms with Crippen LogP contribution >= 0.6 is 15.9 Å². The van der Waals surface area contributed by atoms with Gasteiger partial charge >= 0.3 is 0 Å². The highest BCUT2D eigenvalue weighted by Crippen LogP contribution is 2.24. The largest absolute Gasteiger partial charge is 0.399 e. The number of pyridine rings is 1. The van der Waals surface area contributed by atoms with Crippen LogP contribution in [0.15, 0.2) is 45.9 Å². The molecule has 0 aliphatic heterocycles. The third kappa shape index (κ3) is 3.02. The predicted molar refractivity (Wildman–Crippen MR) is 73.6 cm³/mol. The molecule has 100 valence electrons. The quantitative estimate of drug-likeness (QED) is 0.836. The number of nitrogens with zero attached hydrogens (tertiary/aromatic N) is 1. The predicted octanol–water partition coefficient (Wildman–Crippen LogP) is 2.37. The molecule has 2 rings (SSSR count). The maximum Gasteiger partial charge on any atom is 0.266 e. The molecule has 19 heavy (non-hydrogen) atoms. The number of hydrogen-bond acceptors (Lipinski definition) is 4. The topological polar surface area (TPSA) is 85.1 Å². The lowest BCUT2D eigenvalue weighted by molar-refractivity contribution is 0.570. The first-order valence-corrected chi connectivity index (χ1v) is 7.36. The Hall–Kier alpha value is -1.67. The van der Waals surface area contributed by atoms with E-state index in [4.69, 9.17) is 5.73 Å². The molecule has 1 aromatic carbocycles. The van der Waals surface area contributed by atoms with E-state index in [1.807, 2.05) is 0 Å². The molecule has 0 unspecified atom stereocenters. The number of rotatable bonds is 3. The van der Waals surface area contributed by atoms with Crippen molar-refractivity contribution in [1.82, 2.24) is 4.98 Å². The summed E-state index contributed by atoms with van der Waals surface area (Å²) in [6, 6.07) is 6.57. The molecule has 0 saturated heterocycles. The minimum absolute atomic E-state index is 0.0734. The molecular formula is C11H9BrFN3O2S. The second-order valence-corrected chi connectivity index (χ2v) is 6.13. The third-order valence-electron chi connectivity index (χ3n) is 2.23. The van der Waals surface area contributed by atoms with Crippen molar-refractivity contribution in [2.75, 3.05) is 10.5 Å². The number of sulfonamides is 1. The molecule has 0 spiro atoms. The molecule has 0 aliphatic rings. The van der Waals surface area contributed by atoms with Gasteiger partial charge in [-0.25, -0.2) is 17.8 Å². The molecule has 0 fully saturated rings. The zero-order valence-electron chi connectivity index (χ0n) is 9.47. The average molecular weight is 346 g/mol. The van der Waals surface area contributed by atoms with E-state index in [0.717, 1.165) is 12.1 Å². The number of halogens is 2. The Morgan fingerprint density at radius 1 is 1.32 bits per heavy atom. The van der Waals surface area contributed by atoms with Crippen LogP contribution in [0.25, 0.3) is 0 Å². The van der Waals surface area contributed by atoms with Crippen LogP contribution in [0.1, 0.15) is 0 Å². The molecule has 0 aliphatic carbocycles. The Labute approximate surface area is 117 Å². The Bertz CT molecular complexity index is 722. The van der Waals surface area contributed by atoms with E-state index in [9.17, 15) is 12.8 Å². The lowest BCUT2D eigenvalue weighted by atomic mass is 10.3. The van der Waals surface area contributed by atoms with E-state index in [2.05, 4.69) is 25.6 Å². The summed E-state index contributed by atoms with van der Waals surface area (Å²) >= 11 is 3.15. The van der Waals surface area contributed by atoms with Crippen LogP contribution in [-0.2, 0) is 10.0 Å². The summed E-state index contributed by atoms with van der Waals surface area (Å²) in [5.74, 6) is -0.807. The molecule has 3 N–H and O–H groups in total. The van der Waals surface area contributed by atoms with E-state index < -0.39 is 20.7 Å². The number of anilines is 2. The first kappa shape index (κ1) is 13.8. The van der Waals surface area contributed by atoms with Gasteiger partial charge in [0.2, 0.25) is 0 Å². The first-order valence-electron chi connectivity index (χ1n) is 5.08. The van der Waals surface area contributed by atoms with Gasteiger partial charge in [0.1, 0.15) is 10.7 Å². The van der Waals surface area contributed by atoms with Gasteiger partial charge in [-0.15, -0.1) is 0 Å². The van der Waals surface area contributed by atoms with Crippen LogP contribution in [0.3, 0.4) is 0 Å². The van der Waals surface area contributed by atoms with Crippen LogP contribution in [0, 0.1) is 5.82 Å². The van der Waals surface area contributed by atoms with E-state index in [0.29, 0.717) is 4.47 Å². The van der Waals surface area contributed by atoms with Crippen LogP contribution in [-0.4, -0.2) is 13.4 Å². The van der Waals surface area contributed by atoms with Gasteiger partial charge < -0.3 is 5.73 Å². The van der Waals surface area contributed by atoms with Crippen molar-refractivity contribution in [2.24, 2.45) is 0 Å². The Kier molecular flexibility index (Phi) is 3.72. The zero-order chi connectivity index (χ0) is 14.0. The van der Waals surface area contributed by atoms with E-state index in [1.54, 1.807) is 12.1 Å². The molecule has 2 aromatic rings. The van der Waals surface area contributed by atoms with Crippen molar-refractivity contribution in [1.29, 1.82) is 0 Å². The molecular weight excluding hydrogens is 337 g/mol. The fourth-order valence-electron chi connectivity index (χ4n) is 1.37. The number of aromatic nitrogens is 1. The normalized spacial score (nSPS) is 11.3. The van der Waals surface area contributed by atoms with E-state index >= 15 is 0 Å². The molecule has 0 atom stereocenters. The molecule has 5 nitrogen and oxygen atoms in total. The van der Waals surface area contributed by atoms with Crippen LogP contribution in [0.5, 0.6) is 0 Å². The lowest BCUT2D eigenvalue weighted by Gasteiger charge is -2.09. The summed E-state index contributed by atoms with van der Waals surface area (Å²) in [6.07, 6.45) is 1.42. The smallest absolute Gasteiger partial charge is 0.266 e. The summed E-state index contributed by atoms with van der Waals surface area (Å²) in [5.41, 5.74) is 5.62. The van der Waals surface area contributed by atoms with Crippen LogP contribution < -0.4 is 10.5 Å². The Morgan fingerprint density at radius 3 is 2.74 bits per heavy atom. The van der Waals surface area contributed by atoms with Crippen molar-refractivity contribution in [3.05, 3.63) is 46.8 Å². The van der Waals surface area contributed by atoms with Gasteiger partial charge in [0.25, 0.3) is 10.0 Å². The monoisotopic (exact) mass is 345 g/mol. The Morgan fingerprint density at radius 2 is 2.05 bits per heavy atom. The van der Waals surface area contributed by atoms with Gasteiger partial charge in [-0.05, 0) is 46.3 Å². The van der Waals surface area contributed by atoms with Crippen molar-refractivity contribution >= 4 is 37.5 Å². The number of benzene rings is 1. The summed E-state index contributed by atoms with van der Waals surface area (Å²) in [4.78, 5) is 3.33. The number of nitrogens with two attached hydrogens (primary N) is 1. The van der Waals surface area contributed by atoms with Crippen molar-refractivity contribution in [3.63, 3.8) is 0 Å². The van der Waals surface area contributed by atoms with Crippen LogP contribution in [0.2, 0.25) is 0 Å². The maximum atomic E-state index is 13.6. The fourth-order valence-corrected chi connectivity index (χ4v) is 3.00. The minimum Gasteiger partial charge on any atom is -0.399 e. The molecule has 0 amide bonds. The average Bonchev–Trinajstić information content (AvgIpc) is 2.35.